The monoisotopic (exact) mass is 193 g/mol. The Morgan fingerprint density at radius 1 is 1.17 bits per heavy atom. The van der Waals surface area contributed by atoms with E-state index < -0.39 is 16.4 Å². The minimum atomic E-state index is -0.659. The third kappa shape index (κ3) is 6.75. The Morgan fingerprint density at radius 3 is 2.00 bits per heavy atom. The van der Waals surface area contributed by atoms with Crippen LogP contribution in [0.5, 0.6) is 0 Å². The molecule has 0 rings (SSSR count). The quantitative estimate of drug-likeness (QED) is 0.418. The summed E-state index contributed by atoms with van der Waals surface area (Å²) in [5, 5.41) is 0. The second kappa shape index (κ2) is 7.69. The zero-order valence-electron chi connectivity index (χ0n) is 8.37. The zero-order chi connectivity index (χ0) is 9.40. The van der Waals surface area contributed by atoms with Crippen LogP contribution in [0.3, 0.4) is 0 Å². The van der Waals surface area contributed by atoms with E-state index in [1.54, 1.807) is 0 Å². The topological polar surface area (TPSA) is 30.9 Å². The SMILES string of the molecule is CCOC(OCC)O[SiH2]N(C)C. The third-order valence-corrected chi connectivity index (χ3v) is 2.01. The molecule has 0 heterocycles. The normalized spacial score (nSPS) is 12.5. The highest BCUT2D eigenvalue weighted by Gasteiger charge is 2.07. The van der Waals surface area contributed by atoms with Gasteiger partial charge >= 0.3 is 0 Å². The van der Waals surface area contributed by atoms with E-state index in [1.807, 2.05) is 32.5 Å². The largest absolute Gasteiger partial charge is 0.362 e. The molecule has 0 bridgehead atoms. The van der Waals surface area contributed by atoms with E-state index in [4.69, 9.17) is 13.9 Å². The molecule has 0 aromatic rings. The van der Waals surface area contributed by atoms with Crippen molar-refractivity contribution in [1.29, 1.82) is 0 Å². The number of hydrogen-bond acceptors (Lipinski definition) is 4. The van der Waals surface area contributed by atoms with Gasteiger partial charge < -0.3 is 18.5 Å². The second-order valence-corrected chi connectivity index (χ2v) is 4.43. The van der Waals surface area contributed by atoms with E-state index in [9.17, 15) is 0 Å². The van der Waals surface area contributed by atoms with Gasteiger partial charge in [0, 0.05) is 13.2 Å². The first kappa shape index (κ1) is 12.1. The minimum Gasteiger partial charge on any atom is -0.362 e. The second-order valence-electron chi connectivity index (χ2n) is 2.57. The van der Waals surface area contributed by atoms with Gasteiger partial charge in [0.1, 0.15) is 0 Å². The third-order valence-electron chi connectivity index (χ3n) is 1.07. The fourth-order valence-corrected chi connectivity index (χ4v) is 1.24. The van der Waals surface area contributed by atoms with E-state index in [2.05, 4.69) is 0 Å². The van der Waals surface area contributed by atoms with Crippen LogP contribution in [0.2, 0.25) is 0 Å². The lowest BCUT2D eigenvalue weighted by Crippen LogP contribution is -2.29. The van der Waals surface area contributed by atoms with Gasteiger partial charge in [0.25, 0.3) is 6.48 Å². The van der Waals surface area contributed by atoms with Crippen LogP contribution >= 0.6 is 0 Å². The highest BCUT2D eigenvalue weighted by Crippen LogP contribution is 1.96. The van der Waals surface area contributed by atoms with Gasteiger partial charge in [-0.15, -0.1) is 0 Å². The summed E-state index contributed by atoms with van der Waals surface area (Å²) in [5.41, 5.74) is 0. The molecule has 0 spiro atoms. The molecule has 0 aromatic carbocycles. The van der Waals surface area contributed by atoms with E-state index in [1.165, 1.54) is 0 Å². The maximum Gasteiger partial charge on any atom is 0.262 e. The number of nitrogens with zero attached hydrogens (tertiary/aromatic N) is 1. The Labute approximate surface area is 76.8 Å². The molecule has 0 aliphatic rings. The maximum atomic E-state index is 5.40. The molecule has 0 unspecified atom stereocenters. The molecule has 0 aromatic heterocycles. The maximum absolute atomic E-state index is 5.40. The smallest absolute Gasteiger partial charge is 0.262 e. The Balaban J connectivity index is 3.48. The highest BCUT2D eigenvalue weighted by atomic mass is 28.2. The number of ether oxygens (including phenoxy) is 2. The standard InChI is InChI=1S/C7H19NO3Si/c1-5-9-7(10-6-2)11-12-8(3)4/h7H,5-6,12H2,1-4H3. The van der Waals surface area contributed by atoms with Crippen molar-refractivity contribution < 1.29 is 13.9 Å². The van der Waals surface area contributed by atoms with E-state index >= 15 is 0 Å². The van der Waals surface area contributed by atoms with Gasteiger partial charge in [-0.3, -0.25) is 0 Å². The van der Waals surface area contributed by atoms with Gasteiger partial charge in [0.2, 0.25) is 9.92 Å². The molecular weight excluding hydrogens is 174 g/mol. The first-order valence-corrected chi connectivity index (χ1v) is 5.41. The van der Waals surface area contributed by atoms with Crippen LogP contribution in [0.1, 0.15) is 13.8 Å². The molecule has 5 heteroatoms. The van der Waals surface area contributed by atoms with E-state index in [-0.39, 0.29) is 0 Å². The molecule has 0 saturated heterocycles. The molecule has 0 aliphatic heterocycles. The number of hydrogen-bond donors (Lipinski definition) is 0. The predicted octanol–water partition coefficient (Wildman–Crippen LogP) is -0.0800. The van der Waals surface area contributed by atoms with Crippen LogP contribution in [0.25, 0.3) is 0 Å². The Bertz CT molecular complexity index is 96.7. The van der Waals surface area contributed by atoms with Crippen molar-refractivity contribution in [3.63, 3.8) is 0 Å². The summed E-state index contributed by atoms with van der Waals surface area (Å²) in [6.07, 6.45) is 0. The summed E-state index contributed by atoms with van der Waals surface area (Å²) in [5.74, 6) is 0. The van der Waals surface area contributed by atoms with E-state index in [0.717, 1.165) is 0 Å². The van der Waals surface area contributed by atoms with Crippen molar-refractivity contribution in [3.8, 4) is 0 Å². The molecule has 0 fully saturated rings. The molecule has 12 heavy (non-hydrogen) atoms. The first-order chi connectivity index (χ1) is 5.70. The molecule has 0 aliphatic carbocycles. The van der Waals surface area contributed by atoms with Crippen LogP contribution in [0.15, 0.2) is 0 Å². The van der Waals surface area contributed by atoms with Gasteiger partial charge in [-0.2, -0.15) is 0 Å². The van der Waals surface area contributed by atoms with Crippen molar-refractivity contribution in [2.45, 2.75) is 20.3 Å². The molecule has 74 valence electrons. The lowest BCUT2D eigenvalue weighted by molar-refractivity contribution is -0.245. The average molecular weight is 193 g/mol. The van der Waals surface area contributed by atoms with Crippen molar-refractivity contribution in [3.05, 3.63) is 0 Å². The lowest BCUT2D eigenvalue weighted by Gasteiger charge is -2.19. The van der Waals surface area contributed by atoms with Crippen molar-refractivity contribution in [2.75, 3.05) is 27.3 Å². The summed E-state index contributed by atoms with van der Waals surface area (Å²) >= 11 is 0. The lowest BCUT2D eigenvalue weighted by atomic mass is 10.8. The Hall–Kier alpha value is 0.0569. The summed E-state index contributed by atoms with van der Waals surface area (Å²) < 4.78 is 17.8. The van der Waals surface area contributed by atoms with Crippen molar-refractivity contribution in [2.24, 2.45) is 0 Å². The van der Waals surface area contributed by atoms with Crippen LogP contribution in [-0.2, 0) is 13.9 Å². The van der Waals surface area contributed by atoms with E-state index in [0.29, 0.717) is 13.2 Å². The zero-order valence-corrected chi connectivity index (χ0v) is 9.78. The number of rotatable bonds is 7. The molecule has 4 nitrogen and oxygen atoms in total. The first-order valence-electron chi connectivity index (χ1n) is 4.20. The molecule has 0 N–H and O–H groups in total. The minimum absolute atomic E-state index is 0.464. The van der Waals surface area contributed by atoms with Crippen molar-refractivity contribution >= 4 is 9.92 Å². The summed E-state index contributed by atoms with van der Waals surface area (Å²) in [7, 11) is 3.32. The van der Waals surface area contributed by atoms with Crippen LogP contribution < -0.4 is 0 Å². The fraction of sp³-hybridized carbons (Fsp3) is 1.00. The van der Waals surface area contributed by atoms with Crippen LogP contribution in [-0.4, -0.2) is 48.3 Å². The Morgan fingerprint density at radius 2 is 1.67 bits per heavy atom. The van der Waals surface area contributed by atoms with Crippen LogP contribution in [0, 0.1) is 0 Å². The Kier molecular flexibility index (Phi) is 7.73. The molecule has 0 saturated carbocycles. The fourth-order valence-electron chi connectivity index (χ4n) is 0.626. The molecular formula is C7H19NO3Si. The highest BCUT2D eigenvalue weighted by molar-refractivity contribution is 6.22. The summed E-state index contributed by atoms with van der Waals surface area (Å²) in [4.78, 5) is 0. The van der Waals surface area contributed by atoms with Crippen molar-refractivity contribution in [1.82, 2.24) is 4.57 Å². The van der Waals surface area contributed by atoms with Crippen LogP contribution in [0.4, 0.5) is 0 Å². The summed E-state index contributed by atoms with van der Waals surface area (Å²) in [6.45, 7) is 4.62. The predicted molar refractivity (Wildman–Crippen MR) is 50.4 cm³/mol. The molecule has 0 radical (unpaired) electrons. The van der Waals surface area contributed by atoms with Gasteiger partial charge in [-0.1, -0.05) is 0 Å². The van der Waals surface area contributed by atoms with Gasteiger partial charge in [0.05, 0.1) is 0 Å². The summed E-state index contributed by atoms with van der Waals surface area (Å²) in [6, 6.07) is 0. The molecule has 0 atom stereocenters. The average Bonchev–Trinajstić information content (AvgIpc) is 2.01. The van der Waals surface area contributed by atoms with Gasteiger partial charge in [0.15, 0.2) is 0 Å². The van der Waals surface area contributed by atoms with Gasteiger partial charge in [-0.25, -0.2) is 0 Å². The molecule has 0 amide bonds. The van der Waals surface area contributed by atoms with Gasteiger partial charge in [-0.05, 0) is 27.9 Å².